The second-order valence-corrected chi connectivity index (χ2v) is 7.26. The van der Waals surface area contributed by atoms with Crippen molar-refractivity contribution in [1.29, 1.82) is 0 Å². The van der Waals surface area contributed by atoms with Gasteiger partial charge in [-0.1, -0.05) is 11.2 Å². The number of imidazole rings is 1. The molecule has 4 heterocycles. The molecule has 1 fully saturated rings. The maximum Gasteiger partial charge on any atom is 0.439 e. The summed E-state index contributed by atoms with van der Waals surface area (Å²) in [6, 6.07) is 6.97. The van der Waals surface area contributed by atoms with Crippen LogP contribution >= 0.6 is 0 Å². The molecule has 0 saturated heterocycles. The van der Waals surface area contributed by atoms with Crippen molar-refractivity contribution in [1.82, 2.24) is 24.2 Å². The molecule has 0 spiro atoms. The summed E-state index contributed by atoms with van der Waals surface area (Å²) in [5.41, 5.74) is 4.42. The van der Waals surface area contributed by atoms with Crippen molar-refractivity contribution < 1.29 is 4.52 Å². The number of quaternary nitrogens is 1. The van der Waals surface area contributed by atoms with Crippen LogP contribution in [0.25, 0.3) is 5.69 Å². The first-order chi connectivity index (χ1) is 12.7. The Morgan fingerprint density at radius 3 is 3.08 bits per heavy atom. The van der Waals surface area contributed by atoms with E-state index in [4.69, 9.17) is 14.5 Å². The molecule has 3 aromatic rings. The maximum atomic E-state index is 5.75. The number of rotatable bonds is 2. The van der Waals surface area contributed by atoms with Crippen LogP contribution < -0.4 is 4.48 Å². The molecule has 1 aliphatic carbocycles. The lowest BCUT2D eigenvalue weighted by Gasteiger charge is -2.25. The van der Waals surface area contributed by atoms with Gasteiger partial charge in [0.05, 0.1) is 35.7 Å². The van der Waals surface area contributed by atoms with E-state index in [1.165, 1.54) is 5.56 Å². The second-order valence-electron chi connectivity index (χ2n) is 7.26. The predicted octanol–water partition coefficient (Wildman–Crippen LogP) is 3.19. The van der Waals surface area contributed by atoms with E-state index in [0.717, 1.165) is 41.4 Å². The molecule has 1 unspecified atom stereocenters. The first kappa shape index (κ1) is 14.1. The van der Waals surface area contributed by atoms with Crippen molar-refractivity contribution >= 4 is 11.9 Å². The summed E-state index contributed by atoms with van der Waals surface area (Å²) in [6.45, 7) is 2.73. The predicted molar refractivity (Wildman–Crippen MR) is 95.7 cm³/mol. The summed E-state index contributed by atoms with van der Waals surface area (Å²) >= 11 is 0. The van der Waals surface area contributed by atoms with Gasteiger partial charge in [-0.15, -0.1) is 4.98 Å². The minimum absolute atomic E-state index is 0.307. The first-order valence-electron chi connectivity index (χ1n) is 8.85. The van der Waals surface area contributed by atoms with Crippen molar-refractivity contribution in [3.05, 3.63) is 65.8 Å². The molecule has 0 N–H and O–H groups in total. The monoisotopic (exact) mass is 345 g/mol. The highest BCUT2D eigenvalue weighted by molar-refractivity contribution is 6.10. The molecule has 3 aliphatic rings. The molecular formula is C19H17N6O+. The lowest BCUT2D eigenvalue weighted by Crippen LogP contribution is -2.47. The average Bonchev–Trinajstić information content (AvgIpc) is 3.07. The third-order valence-electron chi connectivity index (χ3n) is 5.39. The largest absolute Gasteiger partial charge is 0.439 e. The second kappa shape index (κ2) is 4.76. The van der Waals surface area contributed by atoms with E-state index in [0.29, 0.717) is 23.0 Å². The summed E-state index contributed by atoms with van der Waals surface area (Å²) in [7, 11) is 0. The van der Waals surface area contributed by atoms with Crippen LogP contribution in [0.5, 0.6) is 0 Å². The summed E-state index contributed by atoms with van der Waals surface area (Å²) in [6.07, 6.45) is 9.92. The van der Waals surface area contributed by atoms with Gasteiger partial charge in [0.1, 0.15) is 12.7 Å². The quantitative estimate of drug-likeness (QED) is 0.669. The van der Waals surface area contributed by atoms with E-state index in [-0.39, 0.29) is 0 Å². The normalized spacial score (nSPS) is 23.2. The number of fused-ring (bicyclic) bond motifs is 5. The lowest BCUT2D eigenvalue weighted by atomic mass is 10.1. The Bertz CT molecular complexity index is 1100. The van der Waals surface area contributed by atoms with Crippen LogP contribution in [0, 0.1) is 6.92 Å². The van der Waals surface area contributed by atoms with Crippen molar-refractivity contribution in [3.8, 4) is 5.69 Å². The van der Waals surface area contributed by atoms with Crippen LogP contribution in [0.2, 0.25) is 0 Å². The molecule has 7 heteroatoms. The molecule has 2 aromatic heterocycles. The molecule has 0 bridgehead atoms. The minimum Gasteiger partial charge on any atom is -0.297 e. The summed E-state index contributed by atoms with van der Waals surface area (Å²) in [4.78, 5) is 13.8. The Morgan fingerprint density at radius 1 is 1.27 bits per heavy atom. The zero-order chi connectivity index (χ0) is 17.3. The van der Waals surface area contributed by atoms with E-state index in [1.54, 1.807) is 0 Å². The van der Waals surface area contributed by atoms with E-state index >= 15 is 0 Å². The van der Waals surface area contributed by atoms with Gasteiger partial charge >= 0.3 is 6.01 Å². The standard InChI is InChI=1S/C19H17N6O/c1-12-2-5-15-16(8-12)24-11-20-9-14(24)10-25(7-6-21-18(15)25)19-22-17(23-26-19)13-3-4-13/h2,5-9,11,13H,3-4,10H2,1H3/q+1. The SMILES string of the molecule is Cc1ccc2c(c1)-n1cncc1C[N+]1(c3nc(C4CC4)no3)C=CN=C21. The van der Waals surface area contributed by atoms with Crippen LogP contribution in [-0.2, 0) is 6.54 Å². The van der Waals surface area contributed by atoms with Gasteiger partial charge in [0.25, 0.3) is 5.84 Å². The van der Waals surface area contributed by atoms with Crippen molar-refractivity contribution in [2.45, 2.75) is 32.2 Å². The average molecular weight is 345 g/mol. The molecule has 2 aliphatic heterocycles. The summed E-state index contributed by atoms with van der Waals surface area (Å²) in [5.74, 6) is 2.17. The Balaban J connectivity index is 1.61. The van der Waals surface area contributed by atoms with Crippen LogP contribution in [0.3, 0.4) is 0 Å². The number of nitrogens with zero attached hydrogens (tertiary/aromatic N) is 6. The summed E-state index contributed by atoms with van der Waals surface area (Å²) in [5, 5.41) is 4.24. The molecule has 1 saturated carbocycles. The molecule has 6 rings (SSSR count). The van der Waals surface area contributed by atoms with E-state index in [2.05, 4.69) is 39.8 Å². The third-order valence-corrected chi connectivity index (χ3v) is 5.39. The van der Waals surface area contributed by atoms with Gasteiger partial charge < -0.3 is 0 Å². The van der Waals surface area contributed by atoms with Gasteiger partial charge in [-0.3, -0.25) is 9.09 Å². The topological polar surface area (TPSA) is 69.1 Å². The van der Waals surface area contributed by atoms with Gasteiger partial charge in [0.2, 0.25) is 0 Å². The molecular weight excluding hydrogens is 328 g/mol. The highest BCUT2D eigenvalue weighted by Gasteiger charge is 2.48. The Hall–Kier alpha value is -3.06. The Morgan fingerprint density at radius 2 is 2.19 bits per heavy atom. The number of benzene rings is 1. The molecule has 1 atom stereocenters. The van der Waals surface area contributed by atoms with Crippen LogP contribution in [0.15, 0.2) is 52.6 Å². The van der Waals surface area contributed by atoms with Crippen molar-refractivity contribution in [2.75, 3.05) is 0 Å². The highest BCUT2D eigenvalue weighted by Crippen LogP contribution is 2.42. The van der Waals surface area contributed by atoms with Crippen LogP contribution in [-0.4, -0.2) is 25.5 Å². The minimum atomic E-state index is 0.307. The smallest absolute Gasteiger partial charge is 0.297 e. The van der Waals surface area contributed by atoms with Crippen LogP contribution in [0.4, 0.5) is 6.01 Å². The fourth-order valence-electron chi connectivity index (χ4n) is 3.86. The lowest BCUT2D eigenvalue weighted by molar-refractivity contribution is 0.340. The zero-order valence-corrected chi connectivity index (χ0v) is 14.3. The molecule has 1 aromatic carbocycles. The molecule has 0 amide bonds. The third kappa shape index (κ3) is 1.80. The van der Waals surface area contributed by atoms with Gasteiger partial charge in [-0.25, -0.2) is 4.98 Å². The van der Waals surface area contributed by atoms with Crippen molar-refractivity contribution in [3.63, 3.8) is 0 Å². The highest BCUT2D eigenvalue weighted by atomic mass is 16.5. The van der Waals surface area contributed by atoms with Gasteiger partial charge in [-0.2, -0.15) is 9.48 Å². The van der Waals surface area contributed by atoms with Gasteiger partial charge in [0.15, 0.2) is 5.82 Å². The number of hydrogen-bond acceptors (Lipinski definition) is 5. The fourth-order valence-corrected chi connectivity index (χ4v) is 3.86. The molecule has 26 heavy (non-hydrogen) atoms. The maximum absolute atomic E-state index is 5.75. The first-order valence-corrected chi connectivity index (χ1v) is 8.85. The molecule has 0 radical (unpaired) electrons. The van der Waals surface area contributed by atoms with Gasteiger partial charge in [-0.05, 0) is 37.5 Å². The zero-order valence-electron chi connectivity index (χ0n) is 14.3. The Kier molecular flexibility index (Phi) is 2.59. The number of amidine groups is 1. The molecule has 128 valence electrons. The van der Waals surface area contributed by atoms with Crippen molar-refractivity contribution in [2.24, 2.45) is 4.99 Å². The number of aliphatic imine (C=N–C) groups is 1. The van der Waals surface area contributed by atoms with E-state index in [9.17, 15) is 0 Å². The summed E-state index contributed by atoms with van der Waals surface area (Å²) < 4.78 is 8.19. The van der Waals surface area contributed by atoms with Gasteiger partial charge in [0, 0.05) is 5.92 Å². The van der Waals surface area contributed by atoms with E-state index < -0.39 is 0 Å². The van der Waals surface area contributed by atoms with Crippen LogP contribution in [0.1, 0.15) is 41.4 Å². The fraction of sp³-hybridized carbons (Fsp3) is 0.263. The number of hydrogen-bond donors (Lipinski definition) is 0. The van der Waals surface area contributed by atoms with E-state index in [1.807, 2.05) is 24.9 Å². The molecule has 7 nitrogen and oxygen atoms in total. The number of aromatic nitrogens is 4. The Labute approximate surface area is 149 Å². The number of aryl methyl sites for hydroxylation is 1.